The van der Waals surface area contributed by atoms with Gasteiger partial charge in [-0.15, -0.1) is 10.2 Å². The molecule has 0 atom stereocenters. The maximum absolute atomic E-state index is 12.2. The molecular formula is C21H16N4O5. The van der Waals surface area contributed by atoms with Crippen molar-refractivity contribution in [3.8, 4) is 5.88 Å². The maximum Gasteiger partial charge on any atom is 0.433 e. The lowest BCUT2D eigenvalue weighted by molar-refractivity contribution is -0.402. The summed E-state index contributed by atoms with van der Waals surface area (Å²) in [6.07, 6.45) is 0. The third-order valence-electron chi connectivity index (χ3n) is 4.57. The van der Waals surface area contributed by atoms with Gasteiger partial charge in [-0.05, 0) is 30.7 Å². The number of carbonyl (C=O) groups excluding carboxylic acids is 1. The summed E-state index contributed by atoms with van der Waals surface area (Å²) in [5, 5.41) is 29.7. The van der Waals surface area contributed by atoms with Crippen LogP contribution in [0.3, 0.4) is 0 Å². The molecule has 9 heteroatoms. The average Bonchev–Trinajstić information content (AvgIpc) is 3.32. The Balaban J connectivity index is 1.73. The summed E-state index contributed by atoms with van der Waals surface area (Å²) in [7, 11) is 0. The third-order valence-corrected chi connectivity index (χ3v) is 4.57. The second-order valence-electron chi connectivity index (χ2n) is 6.66. The van der Waals surface area contributed by atoms with E-state index < -0.39 is 16.7 Å². The van der Waals surface area contributed by atoms with E-state index in [1.165, 1.54) is 0 Å². The molecular weight excluding hydrogens is 388 g/mol. The Labute approximate surface area is 170 Å². The van der Waals surface area contributed by atoms with Crippen molar-refractivity contribution in [2.75, 3.05) is 0 Å². The van der Waals surface area contributed by atoms with Crippen LogP contribution in [0, 0.1) is 17.0 Å². The highest BCUT2D eigenvalue weighted by Gasteiger charge is 2.20. The van der Waals surface area contributed by atoms with E-state index in [-0.39, 0.29) is 17.3 Å². The molecule has 0 aliphatic carbocycles. The SMILES string of the molecule is Cc1ccc2c(c1)c(N=NC(=O)c1ccc([N+](=O)[O-])o1)c(O)n2Cc1ccccc1. The molecule has 0 aliphatic heterocycles. The van der Waals surface area contributed by atoms with Crippen LogP contribution in [0.2, 0.25) is 0 Å². The Bertz CT molecular complexity index is 1290. The van der Waals surface area contributed by atoms with Crippen LogP contribution in [0.5, 0.6) is 5.88 Å². The first-order chi connectivity index (χ1) is 14.4. The summed E-state index contributed by atoms with van der Waals surface area (Å²) in [6, 6.07) is 17.4. The first kappa shape index (κ1) is 19.1. The Kier molecular flexibility index (Phi) is 4.85. The molecule has 4 rings (SSSR count). The maximum atomic E-state index is 12.2. The summed E-state index contributed by atoms with van der Waals surface area (Å²) in [6.45, 7) is 2.30. The zero-order chi connectivity index (χ0) is 21.3. The molecule has 1 N–H and O–H groups in total. The lowest BCUT2D eigenvalue weighted by atomic mass is 10.1. The Morgan fingerprint density at radius 1 is 1.17 bits per heavy atom. The van der Waals surface area contributed by atoms with Gasteiger partial charge >= 0.3 is 11.8 Å². The van der Waals surface area contributed by atoms with Gasteiger partial charge in [0.1, 0.15) is 4.92 Å². The van der Waals surface area contributed by atoms with Crippen molar-refractivity contribution in [3.05, 3.63) is 87.7 Å². The van der Waals surface area contributed by atoms with Crippen LogP contribution in [-0.4, -0.2) is 20.5 Å². The number of furan rings is 1. The Morgan fingerprint density at radius 2 is 1.93 bits per heavy atom. The van der Waals surface area contributed by atoms with E-state index in [4.69, 9.17) is 4.42 Å². The van der Waals surface area contributed by atoms with Crippen LogP contribution >= 0.6 is 0 Å². The van der Waals surface area contributed by atoms with Gasteiger partial charge in [0.05, 0.1) is 18.1 Å². The monoisotopic (exact) mass is 404 g/mol. The number of aromatic hydroxyl groups is 1. The number of carbonyl (C=O) groups is 1. The molecule has 0 saturated carbocycles. The molecule has 9 nitrogen and oxygen atoms in total. The van der Waals surface area contributed by atoms with Gasteiger partial charge in [0, 0.05) is 5.39 Å². The van der Waals surface area contributed by atoms with E-state index >= 15 is 0 Å². The first-order valence-corrected chi connectivity index (χ1v) is 9.00. The fraction of sp³-hybridized carbons (Fsp3) is 0.0952. The number of hydrogen-bond donors (Lipinski definition) is 1. The normalized spacial score (nSPS) is 11.4. The summed E-state index contributed by atoms with van der Waals surface area (Å²) in [4.78, 5) is 22.2. The number of fused-ring (bicyclic) bond motifs is 1. The zero-order valence-corrected chi connectivity index (χ0v) is 15.8. The fourth-order valence-corrected chi connectivity index (χ4v) is 3.15. The molecule has 2 aromatic carbocycles. The van der Waals surface area contributed by atoms with Gasteiger partial charge in [0.25, 0.3) is 0 Å². The van der Waals surface area contributed by atoms with E-state index in [1.807, 2.05) is 55.5 Å². The minimum absolute atomic E-state index is 0.138. The van der Waals surface area contributed by atoms with E-state index in [0.29, 0.717) is 11.9 Å². The van der Waals surface area contributed by atoms with Gasteiger partial charge in [0.2, 0.25) is 11.6 Å². The molecule has 0 spiro atoms. The van der Waals surface area contributed by atoms with Crippen molar-refractivity contribution in [1.82, 2.24) is 4.57 Å². The highest BCUT2D eigenvalue weighted by molar-refractivity contribution is 5.97. The third kappa shape index (κ3) is 3.55. The number of nitro groups is 1. The highest BCUT2D eigenvalue weighted by Crippen LogP contribution is 2.40. The molecule has 0 radical (unpaired) electrons. The topological polar surface area (TPSA) is 123 Å². The summed E-state index contributed by atoms with van der Waals surface area (Å²) < 4.78 is 6.53. The van der Waals surface area contributed by atoms with Gasteiger partial charge in [-0.3, -0.25) is 14.9 Å². The molecule has 2 aromatic heterocycles. The second-order valence-corrected chi connectivity index (χ2v) is 6.66. The van der Waals surface area contributed by atoms with Crippen molar-refractivity contribution in [2.45, 2.75) is 13.5 Å². The number of aromatic nitrogens is 1. The molecule has 30 heavy (non-hydrogen) atoms. The lowest BCUT2D eigenvalue weighted by Crippen LogP contribution is -1.98. The predicted molar refractivity (Wildman–Crippen MR) is 108 cm³/mol. The highest BCUT2D eigenvalue weighted by atomic mass is 16.6. The van der Waals surface area contributed by atoms with Crippen LogP contribution in [0.15, 0.2) is 75.3 Å². The van der Waals surface area contributed by atoms with E-state index in [2.05, 4.69) is 10.2 Å². The van der Waals surface area contributed by atoms with E-state index in [9.17, 15) is 20.0 Å². The van der Waals surface area contributed by atoms with Crippen LogP contribution in [0.25, 0.3) is 10.9 Å². The van der Waals surface area contributed by atoms with Gasteiger partial charge in [-0.2, -0.15) is 0 Å². The second kappa shape index (κ2) is 7.63. The van der Waals surface area contributed by atoms with Crippen LogP contribution in [-0.2, 0) is 6.54 Å². The lowest BCUT2D eigenvalue weighted by Gasteiger charge is -2.07. The molecule has 0 fully saturated rings. The van der Waals surface area contributed by atoms with Gasteiger partial charge in [-0.1, -0.05) is 42.0 Å². The molecule has 1 amide bonds. The molecule has 150 valence electrons. The Morgan fingerprint density at radius 3 is 2.63 bits per heavy atom. The van der Waals surface area contributed by atoms with Crippen LogP contribution in [0.1, 0.15) is 21.7 Å². The fourth-order valence-electron chi connectivity index (χ4n) is 3.15. The van der Waals surface area contributed by atoms with Gasteiger partial charge < -0.3 is 14.1 Å². The number of azo groups is 1. The van der Waals surface area contributed by atoms with Crippen LogP contribution in [0.4, 0.5) is 11.6 Å². The molecule has 0 aliphatic rings. The number of hydrogen-bond acceptors (Lipinski definition) is 6. The minimum Gasteiger partial charge on any atom is -0.493 e. The molecule has 0 bridgehead atoms. The molecule has 0 unspecified atom stereocenters. The van der Waals surface area contributed by atoms with E-state index in [1.54, 1.807) is 4.57 Å². The van der Waals surface area contributed by atoms with E-state index in [0.717, 1.165) is 28.8 Å². The van der Waals surface area contributed by atoms with Crippen molar-refractivity contribution >= 4 is 28.4 Å². The van der Waals surface area contributed by atoms with Crippen molar-refractivity contribution in [2.24, 2.45) is 10.2 Å². The number of benzene rings is 2. The smallest absolute Gasteiger partial charge is 0.433 e. The first-order valence-electron chi connectivity index (χ1n) is 9.00. The number of rotatable bonds is 5. The van der Waals surface area contributed by atoms with Gasteiger partial charge in [-0.25, -0.2) is 0 Å². The van der Waals surface area contributed by atoms with Crippen molar-refractivity contribution in [1.29, 1.82) is 0 Å². The minimum atomic E-state index is -0.890. The van der Waals surface area contributed by atoms with Gasteiger partial charge in [0.15, 0.2) is 5.69 Å². The predicted octanol–water partition coefficient (Wildman–Crippen LogP) is 5.13. The largest absolute Gasteiger partial charge is 0.493 e. The van der Waals surface area contributed by atoms with Crippen molar-refractivity contribution in [3.63, 3.8) is 0 Å². The molecule has 4 aromatic rings. The summed E-state index contributed by atoms with van der Waals surface area (Å²) >= 11 is 0. The average molecular weight is 404 g/mol. The Hall–Kier alpha value is -4.27. The van der Waals surface area contributed by atoms with Crippen LogP contribution < -0.4 is 0 Å². The molecule has 0 saturated heterocycles. The number of aryl methyl sites for hydroxylation is 1. The molecule has 2 heterocycles. The number of nitrogens with zero attached hydrogens (tertiary/aromatic N) is 4. The summed E-state index contributed by atoms with van der Waals surface area (Å²) in [5.74, 6) is -1.90. The zero-order valence-electron chi connectivity index (χ0n) is 15.8. The summed E-state index contributed by atoms with van der Waals surface area (Å²) in [5.41, 5.74) is 2.80. The standard InChI is InChI=1S/C21H16N4O5/c1-13-7-8-16-15(11-13)19(21(27)24(16)12-14-5-3-2-4-6-14)22-23-20(26)17-9-10-18(30-17)25(28)29/h2-11,27H,12H2,1H3. The van der Waals surface area contributed by atoms with Crippen molar-refractivity contribution < 1.29 is 19.2 Å². The quantitative estimate of drug-likeness (QED) is 0.281. The number of amides is 1.